The minimum Gasteiger partial charge on any atom is -0.454 e. The first-order valence-corrected chi connectivity index (χ1v) is 4.79. The molecule has 0 heterocycles. The van der Waals surface area contributed by atoms with Gasteiger partial charge < -0.3 is 4.74 Å². The molecule has 9 heavy (non-hydrogen) atoms. The SMILES string of the molecule is CSCOC(=O)C(C)Br. The monoisotopic (exact) mass is 212 g/mol. The quantitative estimate of drug-likeness (QED) is 0.405. The molecule has 54 valence electrons. The molecule has 2 nitrogen and oxygen atoms in total. The van der Waals surface area contributed by atoms with Gasteiger partial charge >= 0.3 is 5.97 Å². The molecule has 0 aromatic carbocycles. The van der Waals surface area contributed by atoms with Crippen molar-refractivity contribution >= 4 is 33.7 Å². The molecule has 0 aromatic heterocycles. The maximum absolute atomic E-state index is 10.6. The topological polar surface area (TPSA) is 26.3 Å². The van der Waals surface area contributed by atoms with Gasteiger partial charge in [0, 0.05) is 0 Å². The van der Waals surface area contributed by atoms with Gasteiger partial charge in [0.1, 0.15) is 10.8 Å². The van der Waals surface area contributed by atoms with Crippen LogP contribution in [0, 0.1) is 0 Å². The van der Waals surface area contributed by atoms with Crippen LogP contribution in [-0.4, -0.2) is 23.0 Å². The molecule has 0 aromatic rings. The van der Waals surface area contributed by atoms with Gasteiger partial charge in [0.25, 0.3) is 0 Å². The summed E-state index contributed by atoms with van der Waals surface area (Å²) in [7, 11) is 0. The van der Waals surface area contributed by atoms with Gasteiger partial charge in [-0.2, -0.15) is 0 Å². The van der Waals surface area contributed by atoms with E-state index in [1.54, 1.807) is 6.92 Å². The molecule has 0 aliphatic carbocycles. The van der Waals surface area contributed by atoms with Gasteiger partial charge in [0.05, 0.1) is 0 Å². The minimum absolute atomic E-state index is 0.190. The molecule has 0 radical (unpaired) electrons. The molecular weight excluding hydrogens is 204 g/mol. The molecule has 0 bridgehead atoms. The summed E-state index contributed by atoms with van der Waals surface area (Å²) < 4.78 is 4.73. The predicted octanol–water partition coefficient (Wildman–Crippen LogP) is 1.63. The number of esters is 1. The molecular formula is C5H9BrO2S. The summed E-state index contributed by atoms with van der Waals surface area (Å²) in [6.45, 7) is 1.74. The fourth-order valence-electron chi connectivity index (χ4n) is 0.232. The van der Waals surface area contributed by atoms with E-state index < -0.39 is 0 Å². The number of hydrogen-bond acceptors (Lipinski definition) is 3. The Morgan fingerprint density at radius 1 is 1.89 bits per heavy atom. The Hall–Kier alpha value is 0.300. The van der Waals surface area contributed by atoms with Crippen LogP contribution in [0.1, 0.15) is 6.92 Å². The van der Waals surface area contributed by atoms with Gasteiger partial charge in [-0.3, -0.25) is 4.79 Å². The van der Waals surface area contributed by atoms with Crippen molar-refractivity contribution in [2.24, 2.45) is 0 Å². The van der Waals surface area contributed by atoms with Gasteiger partial charge in [-0.05, 0) is 13.2 Å². The standard InChI is InChI=1S/C5H9BrO2S/c1-4(6)5(7)8-3-9-2/h4H,3H2,1-2H3. The van der Waals surface area contributed by atoms with E-state index in [9.17, 15) is 4.79 Å². The number of halogens is 1. The van der Waals surface area contributed by atoms with Crippen LogP contribution in [0.15, 0.2) is 0 Å². The molecule has 0 fully saturated rings. The van der Waals surface area contributed by atoms with Crippen molar-refractivity contribution in [1.29, 1.82) is 0 Å². The molecule has 0 aliphatic heterocycles. The van der Waals surface area contributed by atoms with Crippen molar-refractivity contribution in [2.45, 2.75) is 11.8 Å². The highest BCUT2D eigenvalue weighted by atomic mass is 79.9. The zero-order valence-corrected chi connectivity index (χ0v) is 7.79. The van der Waals surface area contributed by atoms with Crippen molar-refractivity contribution in [3.05, 3.63) is 0 Å². The summed E-state index contributed by atoms with van der Waals surface area (Å²) in [5.74, 6) is 0.235. The number of thioether (sulfide) groups is 1. The number of alkyl halides is 1. The summed E-state index contributed by atoms with van der Waals surface area (Å²) in [6.07, 6.45) is 1.88. The second kappa shape index (κ2) is 5.11. The predicted molar refractivity (Wildman–Crippen MR) is 42.9 cm³/mol. The first-order chi connectivity index (χ1) is 4.18. The van der Waals surface area contributed by atoms with Gasteiger partial charge in [-0.25, -0.2) is 0 Å². The first kappa shape index (κ1) is 9.30. The van der Waals surface area contributed by atoms with Crippen LogP contribution in [0.4, 0.5) is 0 Å². The van der Waals surface area contributed by atoms with Crippen LogP contribution in [0.25, 0.3) is 0 Å². The first-order valence-electron chi connectivity index (χ1n) is 2.48. The molecule has 0 aliphatic rings. The third kappa shape index (κ3) is 4.78. The van der Waals surface area contributed by atoms with Crippen LogP contribution in [0.2, 0.25) is 0 Å². The number of carbonyl (C=O) groups excluding carboxylic acids is 1. The highest BCUT2D eigenvalue weighted by Gasteiger charge is 2.08. The fourth-order valence-corrected chi connectivity index (χ4v) is 0.598. The lowest BCUT2D eigenvalue weighted by Crippen LogP contribution is -2.13. The number of ether oxygens (including phenoxy) is 1. The summed E-state index contributed by atoms with van der Waals surface area (Å²) in [4.78, 5) is 10.4. The van der Waals surface area contributed by atoms with Crippen LogP contribution in [0.5, 0.6) is 0 Å². The maximum atomic E-state index is 10.6. The minimum atomic E-state index is -0.204. The van der Waals surface area contributed by atoms with Crippen molar-refractivity contribution in [3.8, 4) is 0 Å². The van der Waals surface area contributed by atoms with Crippen molar-refractivity contribution in [3.63, 3.8) is 0 Å². The van der Waals surface area contributed by atoms with Gasteiger partial charge in [0.2, 0.25) is 0 Å². The van der Waals surface area contributed by atoms with Gasteiger partial charge in [-0.1, -0.05) is 15.9 Å². The Labute approximate surface area is 67.5 Å². The lowest BCUT2D eigenvalue weighted by atomic mass is 10.5. The van der Waals surface area contributed by atoms with Crippen molar-refractivity contribution < 1.29 is 9.53 Å². The summed E-state index contributed by atoms with van der Waals surface area (Å²) in [5.41, 5.74) is 0. The Balaban J connectivity index is 3.28. The largest absolute Gasteiger partial charge is 0.454 e. The molecule has 0 amide bonds. The van der Waals surface area contributed by atoms with E-state index in [1.807, 2.05) is 6.26 Å². The summed E-state index contributed by atoms with van der Waals surface area (Å²) in [5, 5.41) is 0. The molecule has 0 rings (SSSR count). The van der Waals surface area contributed by atoms with Crippen LogP contribution in [0.3, 0.4) is 0 Å². The Morgan fingerprint density at radius 3 is 2.78 bits per heavy atom. The number of rotatable bonds is 3. The summed E-state index contributed by atoms with van der Waals surface area (Å²) in [6, 6.07) is 0. The molecule has 0 saturated heterocycles. The average molecular weight is 213 g/mol. The van der Waals surface area contributed by atoms with Gasteiger partial charge in [0.15, 0.2) is 0 Å². The fraction of sp³-hybridized carbons (Fsp3) is 0.800. The van der Waals surface area contributed by atoms with Crippen molar-refractivity contribution in [1.82, 2.24) is 0 Å². The smallest absolute Gasteiger partial charge is 0.320 e. The van der Waals surface area contributed by atoms with Crippen molar-refractivity contribution in [2.75, 3.05) is 12.2 Å². The third-order valence-electron chi connectivity index (χ3n) is 0.644. The molecule has 4 heteroatoms. The summed E-state index contributed by atoms with van der Waals surface area (Å²) >= 11 is 4.57. The third-order valence-corrected chi connectivity index (χ3v) is 1.37. The van der Waals surface area contributed by atoms with Crippen LogP contribution < -0.4 is 0 Å². The number of carbonyl (C=O) groups is 1. The molecule has 0 spiro atoms. The van der Waals surface area contributed by atoms with E-state index in [0.29, 0.717) is 5.94 Å². The molecule has 0 N–H and O–H groups in total. The van der Waals surface area contributed by atoms with E-state index >= 15 is 0 Å². The normalized spacial score (nSPS) is 12.8. The van der Waals surface area contributed by atoms with Crippen LogP contribution in [-0.2, 0) is 9.53 Å². The highest BCUT2D eigenvalue weighted by Crippen LogP contribution is 2.02. The highest BCUT2D eigenvalue weighted by molar-refractivity contribution is 9.10. The lowest BCUT2D eigenvalue weighted by molar-refractivity contribution is -0.140. The van der Waals surface area contributed by atoms with Crippen LogP contribution >= 0.6 is 27.7 Å². The Morgan fingerprint density at radius 2 is 2.44 bits per heavy atom. The zero-order valence-electron chi connectivity index (χ0n) is 5.39. The van der Waals surface area contributed by atoms with E-state index in [2.05, 4.69) is 15.9 Å². The van der Waals surface area contributed by atoms with E-state index in [-0.39, 0.29) is 10.8 Å². The Bertz CT molecular complexity index is 95.0. The molecule has 0 saturated carbocycles. The second-order valence-corrected chi connectivity index (χ2v) is 3.67. The molecule has 1 atom stereocenters. The Kier molecular flexibility index (Phi) is 5.28. The second-order valence-electron chi connectivity index (χ2n) is 1.49. The maximum Gasteiger partial charge on any atom is 0.320 e. The van der Waals surface area contributed by atoms with E-state index in [1.165, 1.54) is 11.8 Å². The average Bonchev–Trinajstić information content (AvgIpc) is 1.82. The van der Waals surface area contributed by atoms with E-state index in [0.717, 1.165) is 0 Å². The van der Waals surface area contributed by atoms with Gasteiger partial charge in [-0.15, -0.1) is 11.8 Å². The van der Waals surface area contributed by atoms with E-state index in [4.69, 9.17) is 4.74 Å². The number of hydrogen-bond donors (Lipinski definition) is 0. The zero-order chi connectivity index (χ0) is 7.28. The lowest BCUT2D eigenvalue weighted by Gasteiger charge is -2.02. The molecule has 1 unspecified atom stereocenters.